The van der Waals surface area contributed by atoms with Gasteiger partial charge in [0.05, 0.1) is 0 Å². The van der Waals surface area contributed by atoms with Crippen LogP contribution in [0.4, 0.5) is 0 Å². The first-order chi connectivity index (χ1) is 11.1. The van der Waals surface area contributed by atoms with Crippen LogP contribution in [0.25, 0.3) is 0 Å². The lowest BCUT2D eigenvalue weighted by Crippen LogP contribution is -2.47. The summed E-state index contributed by atoms with van der Waals surface area (Å²) < 4.78 is 5.88. The lowest BCUT2D eigenvalue weighted by Gasteiger charge is -2.30. The summed E-state index contributed by atoms with van der Waals surface area (Å²) in [7, 11) is 2.12. The van der Waals surface area contributed by atoms with E-state index in [4.69, 9.17) is 4.74 Å². The zero-order chi connectivity index (χ0) is 16.2. The van der Waals surface area contributed by atoms with Crippen molar-refractivity contribution >= 4 is 5.91 Å². The Hall–Kier alpha value is -1.55. The number of amides is 1. The summed E-state index contributed by atoms with van der Waals surface area (Å²) in [5, 5.41) is 3.13. The van der Waals surface area contributed by atoms with E-state index < -0.39 is 6.10 Å². The van der Waals surface area contributed by atoms with Crippen LogP contribution in [0.1, 0.15) is 43.7 Å². The molecule has 0 bridgehead atoms. The molecular formula is C19H28N2O2. The van der Waals surface area contributed by atoms with E-state index in [1.54, 1.807) is 0 Å². The number of piperidine rings is 1. The third kappa shape index (κ3) is 4.25. The summed E-state index contributed by atoms with van der Waals surface area (Å²) in [6.45, 7) is 3.93. The van der Waals surface area contributed by atoms with Gasteiger partial charge < -0.3 is 15.0 Å². The average Bonchev–Trinajstić information content (AvgIpc) is 2.56. The first-order valence-electron chi connectivity index (χ1n) is 8.89. The number of fused-ring (bicyclic) bond motifs is 1. The first-order valence-corrected chi connectivity index (χ1v) is 8.89. The van der Waals surface area contributed by atoms with Gasteiger partial charge in [-0.25, -0.2) is 0 Å². The zero-order valence-electron chi connectivity index (χ0n) is 14.3. The highest BCUT2D eigenvalue weighted by atomic mass is 16.5. The van der Waals surface area contributed by atoms with Crippen LogP contribution in [0.15, 0.2) is 18.2 Å². The molecule has 1 aliphatic carbocycles. The van der Waals surface area contributed by atoms with Crippen molar-refractivity contribution in [1.82, 2.24) is 10.2 Å². The number of likely N-dealkylation sites (tertiary alicyclic amines) is 1. The maximum atomic E-state index is 12.3. The van der Waals surface area contributed by atoms with Gasteiger partial charge in [0.15, 0.2) is 6.10 Å². The molecule has 1 aliphatic heterocycles. The van der Waals surface area contributed by atoms with Gasteiger partial charge in [0.2, 0.25) is 0 Å². The summed E-state index contributed by atoms with van der Waals surface area (Å²) >= 11 is 0. The second kappa shape index (κ2) is 7.35. The quantitative estimate of drug-likeness (QED) is 0.928. The number of rotatable bonds is 4. The van der Waals surface area contributed by atoms with Gasteiger partial charge in [0.25, 0.3) is 5.91 Å². The fraction of sp³-hybridized carbons (Fsp3) is 0.632. The van der Waals surface area contributed by atoms with E-state index in [2.05, 4.69) is 29.4 Å². The number of hydrogen-bond donors (Lipinski definition) is 1. The first kappa shape index (κ1) is 16.3. The van der Waals surface area contributed by atoms with Crippen LogP contribution in [0.3, 0.4) is 0 Å². The maximum Gasteiger partial charge on any atom is 0.260 e. The molecule has 1 atom stereocenters. The summed E-state index contributed by atoms with van der Waals surface area (Å²) in [5.74, 6) is 0.814. The van der Waals surface area contributed by atoms with Crippen molar-refractivity contribution in [1.29, 1.82) is 0 Å². The van der Waals surface area contributed by atoms with Gasteiger partial charge in [0, 0.05) is 6.04 Å². The Kier molecular flexibility index (Phi) is 5.21. The molecule has 1 aromatic rings. The Morgan fingerprint density at radius 2 is 1.91 bits per heavy atom. The zero-order valence-corrected chi connectivity index (χ0v) is 14.3. The number of aryl methyl sites for hydroxylation is 2. The van der Waals surface area contributed by atoms with E-state index in [-0.39, 0.29) is 11.9 Å². The highest BCUT2D eigenvalue weighted by Gasteiger charge is 2.22. The number of benzene rings is 1. The number of nitrogens with one attached hydrogen (secondary N) is 1. The molecule has 1 aromatic carbocycles. The fourth-order valence-corrected chi connectivity index (χ4v) is 3.51. The molecule has 0 aromatic heterocycles. The summed E-state index contributed by atoms with van der Waals surface area (Å²) in [5.41, 5.74) is 2.82. The topological polar surface area (TPSA) is 41.6 Å². The van der Waals surface area contributed by atoms with Crippen molar-refractivity contribution in [3.8, 4) is 5.75 Å². The Bertz CT molecular complexity index is 550. The molecule has 3 rings (SSSR count). The number of carbonyl (C=O) groups excluding carboxylic acids is 1. The molecule has 1 heterocycles. The molecule has 1 N–H and O–H groups in total. The van der Waals surface area contributed by atoms with Gasteiger partial charge in [-0.2, -0.15) is 0 Å². The average molecular weight is 316 g/mol. The normalized spacial score (nSPS) is 20.6. The minimum Gasteiger partial charge on any atom is -0.481 e. The molecule has 4 heteroatoms. The second-order valence-electron chi connectivity index (χ2n) is 6.98. The van der Waals surface area contributed by atoms with Crippen molar-refractivity contribution in [3.63, 3.8) is 0 Å². The van der Waals surface area contributed by atoms with E-state index in [1.165, 1.54) is 30.4 Å². The highest BCUT2D eigenvalue weighted by Crippen LogP contribution is 2.25. The van der Waals surface area contributed by atoms with E-state index in [9.17, 15) is 4.79 Å². The van der Waals surface area contributed by atoms with Gasteiger partial charge >= 0.3 is 0 Å². The molecule has 1 unspecified atom stereocenters. The third-order valence-electron chi connectivity index (χ3n) is 5.07. The third-order valence-corrected chi connectivity index (χ3v) is 5.07. The van der Waals surface area contributed by atoms with Crippen LogP contribution in [-0.2, 0) is 17.6 Å². The van der Waals surface area contributed by atoms with Gasteiger partial charge in [-0.05, 0) is 88.8 Å². The standard InChI is InChI=1S/C19H28N2O2/c1-14(19(22)20-17-9-11-21(2)12-10-17)23-18-8-7-15-5-3-4-6-16(15)13-18/h7-8,13-14,17H,3-6,9-12H2,1-2H3,(H,20,22). The predicted octanol–water partition coefficient (Wildman–Crippen LogP) is 2.54. The van der Waals surface area contributed by atoms with Crippen molar-refractivity contribution in [2.24, 2.45) is 0 Å². The molecular weight excluding hydrogens is 288 g/mol. The van der Waals surface area contributed by atoms with Crippen LogP contribution in [0.2, 0.25) is 0 Å². The Morgan fingerprint density at radius 3 is 2.65 bits per heavy atom. The van der Waals surface area contributed by atoms with Gasteiger partial charge in [-0.3, -0.25) is 4.79 Å². The van der Waals surface area contributed by atoms with E-state index in [0.29, 0.717) is 0 Å². The molecule has 1 fully saturated rings. The highest BCUT2D eigenvalue weighted by molar-refractivity contribution is 5.81. The van der Waals surface area contributed by atoms with E-state index in [0.717, 1.165) is 38.1 Å². The lowest BCUT2D eigenvalue weighted by atomic mass is 9.92. The minimum atomic E-state index is -0.448. The molecule has 4 nitrogen and oxygen atoms in total. The second-order valence-corrected chi connectivity index (χ2v) is 6.98. The summed E-state index contributed by atoms with van der Waals surface area (Å²) in [4.78, 5) is 14.6. The number of nitrogens with zero attached hydrogens (tertiary/aromatic N) is 1. The predicted molar refractivity (Wildman–Crippen MR) is 91.8 cm³/mol. The van der Waals surface area contributed by atoms with Crippen molar-refractivity contribution < 1.29 is 9.53 Å². The molecule has 0 spiro atoms. The van der Waals surface area contributed by atoms with Crippen LogP contribution in [-0.4, -0.2) is 43.1 Å². The lowest BCUT2D eigenvalue weighted by molar-refractivity contribution is -0.128. The van der Waals surface area contributed by atoms with Crippen LogP contribution in [0, 0.1) is 0 Å². The van der Waals surface area contributed by atoms with Crippen molar-refractivity contribution in [2.45, 2.75) is 57.6 Å². The molecule has 1 amide bonds. The number of ether oxygens (including phenoxy) is 1. The summed E-state index contributed by atoms with van der Waals surface area (Å²) in [6, 6.07) is 6.57. The van der Waals surface area contributed by atoms with Crippen molar-refractivity contribution in [3.05, 3.63) is 29.3 Å². The minimum absolute atomic E-state index is 0.00252. The van der Waals surface area contributed by atoms with E-state index >= 15 is 0 Å². The smallest absolute Gasteiger partial charge is 0.260 e. The van der Waals surface area contributed by atoms with Crippen LogP contribution >= 0.6 is 0 Å². The molecule has 0 saturated carbocycles. The maximum absolute atomic E-state index is 12.3. The molecule has 1 saturated heterocycles. The molecule has 126 valence electrons. The molecule has 2 aliphatic rings. The van der Waals surface area contributed by atoms with Crippen LogP contribution < -0.4 is 10.1 Å². The number of carbonyl (C=O) groups is 1. The molecule has 0 radical (unpaired) electrons. The van der Waals surface area contributed by atoms with E-state index in [1.807, 2.05) is 13.0 Å². The summed E-state index contributed by atoms with van der Waals surface area (Å²) in [6.07, 6.45) is 6.42. The largest absolute Gasteiger partial charge is 0.481 e. The van der Waals surface area contributed by atoms with Crippen LogP contribution in [0.5, 0.6) is 5.75 Å². The van der Waals surface area contributed by atoms with Gasteiger partial charge in [0.1, 0.15) is 5.75 Å². The van der Waals surface area contributed by atoms with Crippen molar-refractivity contribution in [2.75, 3.05) is 20.1 Å². The Balaban J connectivity index is 1.54. The monoisotopic (exact) mass is 316 g/mol. The molecule has 23 heavy (non-hydrogen) atoms. The fourth-order valence-electron chi connectivity index (χ4n) is 3.51. The van der Waals surface area contributed by atoms with Gasteiger partial charge in [-0.15, -0.1) is 0 Å². The SMILES string of the molecule is CC(Oc1ccc2c(c1)CCCC2)C(=O)NC1CCN(C)CC1. The number of hydrogen-bond acceptors (Lipinski definition) is 3. The van der Waals surface area contributed by atoms with Gasteiger partial charge in [-0.1, -0.05) is 6.07 Å². The Labute approximate surface area is 139 Å². The Morgan fingerprint density at radius 1 is 1.22 bits per heavy atom.